The van der Waals surface area contributed by atoms with Gasteiger partial charge in [0.05, 0.1) is 30.9 Å². The van der Waals surface area contributed by atoms with Gasteiger partial charge in [-0.2, -0.15) is 0 Å². The third-order valence-corrected chi connectivity index (χ3v) is 6.89. The number of likely N-dealkylation sites (N-methyl/N-ethyl adjacent to an activating group) is 1. The Kier molecular flexibility index (Phi) is 8.93. The van der Waals surface area contributed by atoms with Crippen LogP contribution >= 0.6 is 11.3 Å². The fraction of sp³-hybridized carbons (Fsp3) is 0.577. The molecule has 2 atom stereocenters. The number of fused-ring (bicyclic) bond motifs is 1. The summed E-state index contributed by atoms with van der Waals surface area (Å²) in [5.41, 5.74) is 1.97. The van der Waals surface area contributed by atoms with Crippen molar-refractivity contribution < 1.29 is 19.4 Å². The van der Waals surface area contributed by atoms with E-state index in [4.69, 9.17) is 9.47 Å². The van der Waals surface area contributed by atoms with E-state index >= 15 is 0 Å². The minimum Gasteiger partial charge on any atom is -0.491 e. The van der Waals surface area contributed by atoms with Crippen molar-refractivity contribution in [2.24, 2.45) is 0 Å². The van der Waals surface area contributed by atoms with Crippen molar-refractivity contribution in [3.63, 3.8) is 0 Å². The highest BCUT2D eigenvalue weighted by Crippen LogP contribution is 2.34. The van der Waals surface area contributed by atoms with Crippen LogP contribution in [0.15, 0.2) is 35.7 Å². The summed E-state index contributed by atoms with van der Waals surface area (Å²) >= 11 is 1.75. The molecule has 0 bridgehead atoms. The molecule has 7 heteroatoms. The third-order valence-electron chi connectivity index (χ3n) is 5.89. The van der Waals surface area contributed by atoms with E-state index < -0.39 is 6.10 Å². The van der Waals surface area contributed by atoms with Gasteiger partial charge in [-0.15, -0.1) is 11.3 Å². The lowest BCUT2D eigenvalue weighted by atomic mass is 10.0. The van der Waals surface area contributed by atoms with Gasteiger partial charge in [-0.25, -0.2) is 0 Å². The zero-order valence-corrected chi connectivity index (χ0v) is 21.4. The normalized spacial score (nSPS) is 17.2. The zero-order valence-electron chi connectivity index (χ0n) is 20.5. The number of nitrogens with zero attached hydrogens (tertiary/aromatic N) is 2. The van der Waals surface area contributed by atoms with Crippen LogP contribution in [-0.4, -0.2) is 71.9 Å². The summed E-state index contributed by atoms with van der Waals surface area (Å²) in [5, 5.41) is 12.5. The highest BCUT2D eigenvalue weighted by Gasteiger charge is 2.33. The Morgan fingerprint density at radius 3 is 2.76 bits per heavy atom. The van der Waals surface area contributed by atoms with Crippen molar-refractivity contribution in [3.8, 4) is 5.75 Å². The summed E-state index contributed by atoms with van der Waals surface area (Å²) in [5.74, 6) is 0.917. The quantitative estimate of drug-likeness (QED) is 0.563. The number of ether oxygens (including phenoxy) is 2. The fourth-order valence-electron chi connectivity index (χ4n) is 4.05. The number of aliphatic hydroxyl groups is 1. The fourth-order valence-corrected chi connectivity index (χ4v) is 4.97. The topological polar surface area (TPSA) is 62.2 Å². The van der Waals surface area contributed by atoms with Gasteiger partial charge in [0.25, 0.3) is 0 Å². The molecule has 182 valence electrons. The Balaban J connectivity index is 1.66. The molecule has 0 saturated heterocycles. The van der Waals surface area contributed by atoms with Crippen molar-refractivity contribution >= 4 is 17.2 Å². The number of benzene rings is 1. The second-order valence-corrected chi connectivity index (χ2v) is 10.6. The molecule has 0 aliphatic carbocycles. The van der Waals surface area contributed by atoms with Gasteiger partial charge in [0.1, 0.15) is 12.4 Å². The van der Waals surface area contributed by atoms with Gasteiger partial charge in [0.2, 0.25) is 5.91 Å². The van der Waals surface area contributed by atoms with Gasteiger partial charge in [-0.3, -0.25) is 9.69 Å². The SMILES string of the molecule is CCN(CC(=O)N1CCc2sccc2[C@@H]1COc1ccccc1C)C[C@H](O)COC(C)(C)C. The van der Waals surface area contributed by atoms with Gasteiger partial charge in [0.15, 0.2) is 0 Å². The van der Waals surface area contributed by atoms with Crippen LogP contribution in [0.2, 0.25) is 0 Å². The standard InChI is InChI=1S/C26H38N2O4S/c1-6-27(15-20(29)17-32-26(3,4)5)16-25(30)28-13-11-24-21(12-14-33-24)22(28)18-31-23-10-8-7-9-19(23)2/h7-10,12,14,20,22,29H,6,11,13,15-18H2,1-5H3/t20-,22-/m0/s1. The first-order valence-electron chi connectivity index (χ1n) is 11.8. The number of para-hydroxylation sites is 1. The molecule has 1 aliphatic rings. The van der Waals surface area contributed by atoms with Gasteiger partial charge >= 0.3 is 0 Å². The molecule has 0 radical (unpaired) electrons. The van der Waals surface area contributed by atoms with Gasteiger partial charge in [-0.1, -0.05) is 25.1 Å². The molecule has 1 aromatic heterocycles. The number of rotatable bonds is 10. The van der Waals surface area contributed by atoms with Crippen molar-refractivity contribution in [1.82, 2.24) is 9.80 Å². The molecule has 0 saturated carbocycles. The van der Waals surface area contributed by atoms with Gasteiger partial charge in [0, 0.05) is 18.0 Å². The molecule has 6 nitrogen and oxygen atoms in total. The molecule has 2 aromatic rings. The lowest BCUT2D eigenvalue weighted by molar-refractivity contribution is -0.136. The van der Waals surface area contributed by atoms with Crippen LogP contribution in [0.25, 0.3) is 0 Å². The largest absolute Gasteiger partial charge is 0.491 e. The average molecular weight is 475 g/mol. The predicted octanol–water partition coefficient (Wildman–Crippen LogP) is 4.06. The number of aliphatic hydroxyl groups excluding tert-OH is 1. The Morgan fingerprint density at radius 2 is 2.06 bits per heavy atom. The maximum atomic E-state index is 13.4. The summed E-state index contributed by atoms with van der Waals surface area (Å²) in [6, 6.07) is 9.98. The molecule has 0 spiro atoms. The van der Waals surface area contributed by atoms with Gasteiger partial charge < -0.3 is 19.5 Å². The van der Waals surface area contributed by atoms with Gasteiger partial charge in [-0.05, 0) is 69.3 Å². The van der Waals surface area contributed by atoms with Crippen LogP contribution in [0.1, 0.15) is 49.7 Å². The summed E-state index contributed by atoms with van der Waals surface area (Å²) in [6.45, 7) is 12.7. The molecule has 33 heavy (non-hydrogen) atoms. The molecule has 1 aromatic carbocycles. The number of aryl methyl sites for hydroxylation is 1. The van der Waals surface area contributed by atoms with E-state index in [1.54, 1.807) is 11.3 Å². The minimum absolute atomic E-state index is 0.0658. The number of thiophene rings is 1. The second kappa shape index (κ2) is 11.5. The molecule has 2 heterocycles. The molecule has 1 N–H and O–H groups in total. The second-order valence-electron chi connectivity index (χ2n) is 9.63. The highest BCUT2D eigenvalue weighted by molar-refractivity contribution is 7.10. The third kappa shape index (κ3) is 7.27. The van der Waals surface area contributed by atoms with E-state index in [0.717, 1.165) is 17.7 Å². The van der Waals surface area contributed by atoms with Crippen molar-refractivity contribution in [2.75, 3.05) is 39.4 Å². The Labute approximate surface area is 202 Å². The number of hydrogen-bond donors (Lipinski definition) is 1. The van der Waals surface area contributed by atoms with E-state index in [0.29, 0.717) is 26.2 Å². The first-order chi connectivity index (χ1) is 15.7. The van der Waals surface area contributed by atoms with E-state index in [1.165, 1.54) is 10.4 Å². The maximum absolute atomic E-state index is 13.4. The van der Waals surface area contributed by atoms with E-state index in [1.807, 2.05) is 68.7 Å². The molecule has 1 amide bonds. The monoisotopic (exact) mass is 474 g/mol. The summed E-state index contributed by atoms with van der Waals surface area (Å²) in [6.07, 6.45) is 0.232. The van der Waals surface area contributed by atoms with Crippen LogP contribution in [-0.2, 0) is 16.0 Å². The number of amides is 1. The van der Waals surface area contributed by atoms with Crippen LogP contribution in [0, 0.1) is 6.92 Å². The molecule has 0 unspecified atom stereocenters. The molecule has 3 rings (SSSR count). The Hall–Kier alpha value is -1.93. The lowest BCUT2D eigenvalue weighted by Crippen LogP contribution is -2.48. The lowest BCUT2D eigenvalue weighted by Gasteiger charge is -2.37. The minimum atomic E-state index is -0.637. The molecular formula is C26H38N2O4S. The smallest absolute Gasteiger partial charge is 0.237 e. The van der Waals surface area contributed by atoms with Crippen LogP contribution in [0.5, 0.6) is 5.75 Å². The number of carbonyl (C=O) groups is 1. The number of carbonyl (C=O) groups excluding carboxylic acids is 1. The zero-order chi connectivity index (χ0) is 24.0. The van der Waals surface area contributed by atoms with E-state index in [9.17, 15) is 9.90 Å². The predicted molar refractivity (Wildman–Crippen MR) is 133 cm³/mol. The first-order valence-corrected chi connectivity index (χ1v) is 12.6. The Morgan fingerprint density at radius 1 is 1.30 bits per heavy atom. The van der Waals surface area contributed by atoms with Crippen molar-refractivity contribution in [3.05, 3.63) is 51.7 Å². The summed E-state index contributed by atoms with van der Waals surface area (Å²) in [7, 11) is 0. The Bertz CT molecular complexity index is 908. The van der Waals surface area contributed by atoms with Crippen LogP contribution in [0.4, 0.5) is 0 Å². The summed E-state index contributed by atoms with van der Waals surface area (Å²) < 4.78 is 11.9. The average Bonchev–Trinajstić information content (AvgIpc) is 3.25. The maximum Gasteiger partial charge on any atom is 0.237 e. The van der Waals surface area contributed by atoms with E-state index in [-0.39, 0.29) is 30.7 Å². The molecular weight excluding hydrogens is 436 g/mol. The van der Waals surface area contributed by atoms with Crippen LogP contribution in [0.3, 0.4) is 0 Å². The van der Waals surface area contributed by atoms with Crippen molar-refractivity contribution in [2.45, 2.75) is 58.8 Å². The van der Waals surface area contributed by atoms with Crippen molar-refractivity contribution in [1.29, 1.82) is 0 Å². The van der Waals surface area contributed by atoms with E-state index in [2.05, 4.69) is 11.4 Å². The van der Waals surface area contributed by atoms with Crippen LogP contribution < -0.4 is 4.74 Å². The summed E-state index contributed by atoms with van der Waals surface area (Å²) in [4.78, 5) is 18.7. The number of hydrogen-bond acceptors (Lipinski definition) is 6. The molecule has 0 fully saturated rings. The molecule has 1 aliphatic heterocycles. The first kappa shape index (κ1) is 25.7. The highest BCUT2D eigenvalue weighted by atomic mass is 32.1.